The molecular formula is C39H31Cl2F3N4O5. The fourth-order valence-corrected chi connectivity index (χ4v) is 9.53. The highest BCUT2D eigenvalue weighted by atomic mass is 35.5. The third-order valence-electron chi connectivity index (χ3n) is 11.3. The molecule has 6 atom stereocenters. The van der Waals surface area contributed by atoms with Gasteiger partial charge in [-0.25, -0.2) is 4.98 Å². The van der Waals surface area contributed by atoms with Crippen LogP contribution in [-0.4, -0.2) is 50.2 Å². The minimum Gasteiger partial charge on any atom is -0.508 e. The highest BCUT2D eigenvalue weighted by molar-refractivity contribution is 6.33. The summed E-state index contributed by atoms with van der Waals surface area (Å²) in [5.74, 6) is -7.04. The molecule has 0 spiro atoms. The number of hydrogen-bond donors (Lipinski definition) is 2. The molecule has 6 unspecified atom stereocenters. The fourth-order valence-electron chi connectivity index (χ4n) is 9.19. The van der Waals surface area contributed by atoms with Crippen LogP contribution in [0.4, 0.5) is 19.0 Å². The molecule has 272 valence electrons. The number of carbonyl (C=O) groups excluding carboxylic acids is 4. The van der Waals surface area contributed by atoms with Crippen molar-refractivity contribution in [1.29, 1.82) is 0 Å². The normalized spacial score (nSPS) is 26.8. The molecule has 8 rings (SSSR count). The standard InChI is InChI=1S/C39H31Cl2F3N4O5/c1-2-15-47-34(50)25-13-12-24-26(30(25)36(47)52)17-27-35(51)48(46-33-28(41)16-21(18-45-33)39(42,43)44)37(53)38(27,20-8-10-22(40)11-9-20)32(24)31-23-6-4-3-5-19(23)7-14-29(31)49/h3-12,14,16,18,25-27,30,32,49H,2,13,15,17H2,1H3,(H,45,46). The second kappa shape index (κ2) is 12.6. The van der Waals surface area contributed by atoms with Crippen LogP contribution in [0.15, 0.2) is 84.6 Å². The minimum atomic E-state index is -4.75. The maximum atomic E-state index is 15.4. The molecule has 0 bridgehead atoms. The highest BCUT2D eigenvalue weighted by Gasteiger charge is 2.71. The SMILES string of the molecule is CCCN1C(=O)C2CC=C3C(CC4C(=O)N(Nc5ncc(C(F)(F)F)cc5Cl)C(=O)C4(c4ccc(Cl)cc4)C3c3c(O)ccc4ccccc34)C2C1=O. The Balaban J connectivity index is 1.38. The summed E-state index contributed by atoms with van der Waals surface area (Å²) in [6.07, 6.45) is -1.57. The zero-order valence-corrected chi connectivity index (χ0v) is 29.5. The molecule has 1 saturated carbocycles. The number of phenols is 1. The van der Waals surface area contributed by atoms with Crippen molar-refractivity contribution >= 4 is 63.4 Å². The van der Waals surface area contributed by atoms with E-state index in [-0.39, 0.29) is 42.8 Å². The molecule has 4 aromatic rings. The second-order valence-corrected chi connectivity index (χ2v) is 14.8. The van der Waals surface area contributed by atoms with Gasteiger partial charge >= 0.3 is 6.18 Å². The maximum absolute atomic E-state index is 15.4. The van der Waals surface area contributed by atoms with E-state index in [0.717, 1.165) is 10.4 Å². The quantitative estimate of drug-likeness (QED) is 0.153. The summed E-state index contributed by atoms with van der Waals surface area (Å²) in [5.41, 5.74) is 1.11. The number of hydrogen-bond acceptors (Lipinski definition) is 7. The average Bonchev–Trinajstić information content (AvgIpc) is 3.50. The molecule has 1 aromatic heterocycles. The van der Waals surface area contributed by atoms with Gasteiger partial charge in [0.05, 0.1) is 33.8 Å². The zero-order valence-electron chi connectivity index (χ0n) is 28.0. The summed E-state index contributed by atoms with van der Waals surface area (Å²) in [4.78, 5) is 63.1. The molecule has 0 radical (unpaired) electrons. The van der Waals surface area contributed by atoms with Gasteiger partial charge in [0.25, 0.3) is 11.8 Å². The number of carbonyl (C=O) groups is 4. The summed E-state index contributed by atoms with van der Waals surface area (Å²) >= 11 is 12.6. The predicted octanol–water partition coefficient (Wildman–Crippen LogP) is 7.66. The smallest absolute Gasteiger partial charge is 0.417 e. The first-order chi connectivity index (χ1) is 25.3. The minimum absolute atomic E-state index is 0.0203. The van der Waals surface area contributed by atoms with Crippen LogP contribution in [0.25, 0.3) is 10.8 Å². The topological polar surface area (TPSA) is 120 Å². The van der Waals surface area contributed by atoms with Gasteiger partial charge in [-0.15, -0.1) is 0 Å². The molecule has 14 heteroatoms. The fraction of sp³-hybridized carbons (Fsp3) is 0.308. The van der Waals surface area contributed by atoms with Gasteiger partial charge in [0, 0.05) is 29.2 Å². The maximum Gasteiger partial charge on any atom is 0.417 e. The van der Waals surface area contributed by atoms with Crippen LogP contribution in [0.2, 0.25) is 10.0 Å². The summed E-state index contributed by atoms with van der Waals surface area (Å²) < 4.78 is 40.4. The lowest BCUT2D eigenvalue weighted by Gasteiger charge is -2.51. The molecule has 2 aliphatic heterocycles. The number of anilines is 1. The Morgan fingerprint density at radius 3 is 2.40 bits per heavy atom. The van der Waals surface area contributed by atoms with Crippen molar-refractivity contribution in [2.24, 2.45) is 23.7 Å². The molecule has 2 N–H and O–H groups in total. The van der Waals surface area contributed by atoms with Crippen molar-refractivity contribution < 1.29 is 37.5 Å². The van der Waals surface area contributed by atoms with Gasteiger partial charge in [-0.3, -0.25) is 29.5 Å². The van der Waals surface area contributed by atoms with E-state index in [4.69, 9.17) is 23.2 Å². The van der Waals surface area contributed by atoms with Gasteiger partial charge in [-0.1, -0.05) is 84.2 Å². The molecule has 2 aliphatic carbocycles. The van der Waals surface area contributed by atoms with E-state index in [0.29, 0.717) is 45.8 Å². The van der Waals surface area contributed by atoms with Crippen molar-refractivity contribution in [3.63, 3.8) is 0 Å². The van der Waals surface area contributed by atoms with Gasteiger partial charge < -0.3 is 5.11 Å². The number of allylic oxidation sites excluding steroid dienone is 2. The molecule has 3 fully saturated rings. The number of aromatic hydroxyl groups is 1. The number of pyridine rings is 1. The number of fused-ring (bicyclic) bond motifs is 5. The summed E-state index contributed by atoms with van der Waals surface area (Å²) in [7, 11) is 0. The Hall–Kier alpha value is -4.94. The number of imide groups is 2. The van der Waals surface area contributed by atoms with E-state index in [2.05, 4.69) is 10.4 Å². The molecule has 53 heavy (non-hydrogen) atoms. The number of halogens is 5. The van der Waals surface area contributed by atoms with E-state index in [1.54, 1.807) is 42.5 Å². The zero-order chi connectivity index (χ0) is 37.6. The van der Waals surface area contributed by atoms with Crippen LogP contribution in [-0.2, 0) is 30.8 Å². The lowest BCUT2D eigenvalue weighted by Crippen LogP contribution is -2.53. The van der Waals surface area contributed by atoms with E-state index < -0.39 is 63.6 Å². The molecule has 9 nitrogen and oxygen atoms in total. The highest BCUT2D eigenvalue weighted by Crippen LogP contribution is 2.65. The van der Waals surface area contributed by atoms with Gasteiger partial charge in [0.1, 0.15) is 5.75 Å². The van der Waals surface area contributed by atoms with Gasteiger partial charge in [0.2, 0.25) is 11.8 Å². The summed E-state index contributed by atoms with van der Waals surface area (Å²) in [6, 6.07) is 17.6. The van der Waals surface area contributed by atoms with Crippen LogP contribution in [0.5, 0.6) is 5.75 Å². The van der Waals surface area contributed by atoms with Gasteiger partial charge in [-0.2, -0.15) is 18.2 Å². The summed E-state index contributed by atoms with van der Waals surface area (Å²) in [5, 5.41) is 13.8. The van der Waals surface area contributed by atoms with Crippen LogP contribution < -0.4 is 5.43 Å². The number of rotatable bonds is 6. The van der Waals surface area contributed by atoms with Crippen LogP contribution in [0.3, 0.4) is 0 Å². The van der Waals surface area contributed by atoms with Crippen molar-refractivity contribution in [2.45, 2.75) is 43.7 Å². The number of aromatic nitrogens is 1. The third kappa shape index (κ3) is 5.16. The van der Waals surface area contributed by atoms with E-state index >= 15 is 4.79 Å². The number of likely N-dealkylation sites (tertiary alicyclic amines) is 1. The number of alkyl halides is 3. The Morgan fingerprint density at radius 1 is 0.962 bits per heavy atom. The third-order valence-corrected chi connectivity index (χ3v) is 11.9. The monoisotopic (exact) mass is 762 g/mol. The molecule has 2 saturated heterocycles. The Kier molecular flexibility index (Phi) is 8.34. The first-order valence-electron chi connectivity index (χ1n) is 17.2. The molecule has 3 aromatic carbocycles. The molecule has 4 amide bonds. The van der Waals surface area contributed by atoms with Crippen molar-refractivity contribution in [2.75, 3.05) is 12.0 Å². The van der Waals surface area contributed by atoms with Gasteiger partial charge in [0.15, 0.2) is 5.82 Å². The number of amides is 4. The number of phenolic OH excluding ortho intramolecular Hbond substituents is 1. The van der Waals surface area contributed by atoms with Gasteiger partial charge in [-0.05, 0) is 65.8 Å². The Labute approximate surface area is 311 Å². The molecular weight excluding hydrogens is 732 g/mol. The Bertz CT molecular complexity index is 2260. The van der Waals surface area contributed by atoms with Crippen LogP contribution in [0.1, 0.15) is 48.8 Å². The average molecular weight is 764 g/mol. The number of nitrogens with zero attached hydrogens (tertiary/aromatic N) is 3. The molecule has 4 aliphatic rings. The molecule has 3 heterocycles. The number of benzene rings is 3. The lowest BCUT2D eigenvalue weighted by molar-refractivity contribution is -0.141. The van der Waals surface area contributed by atoms with E-state index in [1.807, 2.05) is 25.1 Å². The number of nitrogens with one attached hydrogen (secondary N) is 1. The van der Waals surface area contributed by atoms with Crippen molar-refractivity contribution in [3.05, 3.63) is 111 Å². The first kappa shape index (κ1) is 35.1. The lowest BCUT2D eigenvalue weighted by atomic mass is 9.48. The van der Waals surface area contributed by atoms with Crippen LogP contribution in [0, 0.1) is 23.7 Å². The van der Waals surface area contributed by atoms with Crippen LogP contribution >= 0.6 is 23.2 Å². The van der Waals surface area contributed by atoms with Crippen molar-refractivity contribution in [3.8, 4) is 5.75 Å². The van der Waals surface area contributed by atoms with Crippen molar-refractivity contribution in [1.82, 2.24) is 14.9 Å². The van der Waals surface area contributed by atoms with E-state index in [9.17, 15) is 32.7 Å². The largest absolute Gasteiger partial charge is 0.508 e. The summed E-state index contributed by atoms with van der Waals surface area (Å²) in [6.45, 7) is 2.11. The number of hydrazine groups is 1. The van der Waals surface area contributed by atoms with E-state index in [1.165, 1.54) is 11.0 Å². The first-order valence-corrected chi connectivity index (χ1v) is 17.9. The predicted molar refractivity (Wildman–Crippen MR) is 189 cm³/mol. The Morgan fingerprint density at radius 2 is 1.70 bits per heavy atom. The second-order valence-electron chi connectivity index (χ2n) is 14.0.